The number of likely N-dealkylation sites (N-methyl/N-ethyl adjacent to an activating group) is 1. The average molecular weight is 521 g/mol. The van der Waals surface area contributed by atoms with Crippen molar-refractivity contribution in [1.29, 1.82) is 0 Å². The number of hydrogen-bond donors (Lipinski definition) is 1. The van der Waals surface area contributed by atoms with E-state index in [1.165, 1.54) is 11.3 Å². The summed E-state index contributed by atoms with van der Waals surface area (Å²) in [7, 11) is 3.92. The number of benzene rings is 1. The standard InChI is InChI=1S/C29H40N6O3/c1-29-24(31-25(32-29)20-11-10-12-21(19-20)26(36)30-17-18-33(2)3)27(37)34(22-13-6-4-7-14-22)28(38)35(29)23-15-8-5-9-16-23/h10-12,19,22-23H,4-9,13-18H2,1-3H3,(H,30,36). The molecule has 1 aromatic rings. The minimum atomic E-state index is -1.14. The van der Waals surface area contributed by atoms with Gasteiger partial charge in [-0.3, -0.25) is 19.4 Å². The Hall–Kier alpha value is -3.07. The van der Waals surface area contributed by atoms with Crippen LogP contribution in [0.2, 0.25) is 0 Å². The molecule has 2 heterocycles. The SMILES string of the molecule is CN(C)CCNC(=O)c1cccc(C2=NC3(C)C(=N2)C(=O)N(C2CCCCC2)C(=O)N3C2CCCCC2)c1. The van der Waals surface area contributed by atoms with Crippen molar-refractivity contribution in [3.05, 3.63) is 35.4 Å². The van der Waals surface area contributed by atoms with Crippen molar-refractivity contribution >= 4 is 29.4 Å². The molecule has 3 fully saturated rings. The zero-order valence-electron chi connectivity index (χ0n) is 22.9. The van der Waals surface area contributed by atoms with Gasteiger partial charge in [0.2, 0.25) is 0 Å². The Kier molecular flexibility index (Phi) is 7.66. The van der Waals surface area contributed by atoms with Crippen LogP contribution in [-0.2, 0) is 4.79 Å². The monoisotopic (exact) mass is 520 g/mol. The summed E-state index contributed by atoms with van der Waals surface area (Å²) in [6.07, 6.45) is 10.0. The number of nitrogens with zero attached hydrogens (tertiary/aromatic N) is 5. The van der Waals surface area contributed by atoms with E-state index in [0.717, 1.165) is 64.3 Å². The third-order valence-electron chi connectivity index (χ3n) is 8.40. The van der Waals surface area contributed by atoms with Crippen LogP contribution >= 0.6 is 0 Å². The molecule has 9 nitrogen and oxygen atoms in total. The number of carbonyl (C=O) groups is 3. The van der Waals surface area contributed by atoms with Crippen LogP contribution in [0.1, 0.15) is 87.1 Å². The van der Waals surface area contributed by atoms with Crippen molar-refractivity contribution in [2.24, 2.45) is 9.98 Å². The molecular formula is C29H40N6O3. The molecule has 5 rings (SSSR count). The maximum absolute atomic E-state index is 14.1. The van der Waals surface area contributed by atoms with Gasteiger partial charge in [-0.25, -0.2) is 14.8 Å². The highest BCUT2D eigenvalue weighted by molar-refractivity contribution is 6.49. The second-order valence-electron chi connectivity index (χ2n) is 11.5. The second kappa shape index (κ2) is 11.0. The van der Waals surface area contributed by atoms with Gasteiger partial charge >= 0.3 is 6.03 Å². The van der Waals surface area contributed by atoms with Crippen LogP contribution in [0, 0.1) is 0 Å². The number of amidine groups is 1. The summed E-state index contributed by atoms with van der Waals surface area (Å²) in [5, 5.41) is 2.94. The predicted octanol–water partition coefficient (Wildman–Crippen LogP) is 3.83. The molecule has 0 spiro atoms. The molecular weight excluding hydrogens is 480 g/mol. The number of nitrogens with one attached hydrogen (secondary N) is 1. The molecule has 2 aliphatic carbocycles. The largest absolute Gasteiger partial charge is 0.351 e. The minimum absolute atomic E-state index is 0.0301. The number of carbonyl (C=O) groups excluding carboxylic acids is 3. The number of rotatable bonds is 7. The van der Waals surface area contributed by atoms with E-state index in [0.29, 0.717) is 29.2 Å². The van der Waals surface area contributed by atoms with Gasteiger partial charge in [0, 0.05) is 36.3 Å². The lowest BCUT2D eigenvalue weighted by molar-refractivity contribution is -0.127. The van der Waals surface area contributed by atoms with E-state index in [-0.39, 0.29) is 29.9 Å². The Morgan fingerprint density at radius 2 is 1.68 bits per heavy atom. The first-order valence-electron chi connectivity index (χ1n) is 14.2. The number of urea groups is 1. The Labute approximate surface area is 225 Å². The van der Waals surface area contributed by atoms with Crippen molar-refractivity contribution in [3.8, 4) is 0 Å². The highest BCUT2D eigenvalue weighted by Crippen LogP contribution is 2.40. The molecule has 1 unspecified atom stereocenters. The van der Waals surface area contributed by atoms with Crippen molar-refractivity contribution in [2.45, 2.75) is 88.9 Å². The summed E-state index contributed by atoms with van der Waals surface area (Å²) in [6, 6.07) is 6.93. The summed E-state index contributed by atoms with van der Waals surface area (Å²) in [5.74, 6) is -0.0761. The molecule has 2 aliphatic heterocycles. The molecule has 38 heavy (non-hydrogen) atoms. The van der Waals surface area contributed by atoms with Crippen LogP contribution in [-0.4, -0.2) is 89.0 Å². The molecule has 204 valence electrons. The minimum Gasteiger partial charge on any atom is -0.351 e. The van der Waals surface area contributed by atoms with E-state index in [2.05, 4.69) is 5.32 Å². The van der Waals surface area contributed by atoms with Gasteiger partial charge in [-0.05, 0) is 58.8 Å². The molecule has 1 aromatic carbocycles. The first-order valence-corrected chi connectivity index (χ1v) is 14.2. The van der Waals surface area contributed by atoms with Crippen LogP contribution in [0.4, 0.5) is 4.79 Å². The average Bonchev–Trinajstić information content (AvgIpc) is 3.28. The van der Waals surface area contributed by atoms with Crippen molar-refractivity contribution < 1.29 is 14.4 Å². The smallest absolute Gasteiger partial charge is 0.329 e. The van der Waals surface area contributed by atoms with Gasteiger partial charge in [-0.15, -0.1) is 0 Å². The van der Waals surface area contributed by atoms with Gasteiger partial charge in [-0.1, -0.05) is 50.7 Å². The molecule has 4 amide bonds. The molecule has 0 radical (unpaired) electrons. The Morgan fingerprint density at radius 1 is 1.03 bits per heavy atom. The fraction of sp³-hybridized carbons (Fsp3) is 0.621. The third kappa shape index (κ3) is 5.00. The fourth-order valence-electron chi connectivity index (χ4n) is 6.35. The highest BCUT2D eigenvalue weighted by Gasteiger charge is 2.57. The molecule has 9 heteroatoms. The van der Waals surface area contributed by atoms with Gasteiger partial charge in [0.15, 0.2) is 17.2 Å². The highest BCUT2D eigenvalue weighted by atomic mass is 16.2. The number of amides is 4. The van der Waals surface area contributed by atoms with E-state index in [9.17, 15) is 14.4 Å². The van der Waals surface area contributed by atoms with Crippen LogP contribution in [0.3, 0.4) is 0 Å². The first kappa shape index (κ1) is 26.5. The molecule has 4 aliphatic rings. The Bertz CT molecular complexity index is 1150. The third-order valence-corrected chi connectivity index (χ3v) is 8.40. The maximum Gasteiger partial charge on any atom is 0.329 e. The summed E-state index contributed by atoms with van der Waals surface area (Å²) in [4.78, 5) is 55.8. The zero-order chi connectivity index (χ0) is 26.9. The molecule has 1 atom stereocenters. The normalized spacial score (nSPS) is 24.9. The number of imide groups is 1. The van der Waals surface area contributed by atoms with E-state index in [1.54, 1.807) is 12.1 Å². The van der Waals surface area contributed by atoms with E-state index >= 15 is 0 Å². The molecule has 0 bridgehead atoms. The van der Waals surface area contributed by atoms with Crippen molar-refractivity contribution in [3.63, 3.8) is 0 Å². The number of hydrogen-bond acceptors (Lipinski definition) is 6. The van der Waals surface area contributed by atoms with Crippen molar-refractivity contribution in [2.75, 3.05) is 27.2 Å². The van der Waals surface area contributed by atoms with Crippen LogP contribution < -0.4 is 5.32 Å². The number of aliphatic imine (C=N–C) groups is 2. The van der Waals surface area contributed by atoms with Gasteiger partial charge in [0.05, 0.1) is 0 Å². The second-order valence-corrected chi connectivity index (χ2v) is 11.5. The van der Waals surface area contributed by atoms with Crippen molar-refractivity contribution in [1.82, 2.24) is 20.0 Å². The zero-order valence-corrected chi connectivity index (χ0v) is 22.9. The Balaban J connectivity index is 1.48. The lowest BCUT2D eigenvalue weighted by atomic mass is 9.88. The Morgan fingerprint density at radius 3 is 2.34 bits per heavy atom. The van der Waals surface area contributed by atoms with Crippen LogP contribution in [0.15, 0.2) is 34.3 Å². The maximum atomic E-state index is 14.1. The van der Waals surface area contributed by atoms with Gasteiger partial charge < -0.3 is 10.2 Å². The van der Waals surface area contributed by atoms with Gasteiger partial charge in [0.25, 0.3) is 11.8 Å². The lowest BCUT2D eigenvalue weighted by Gasteiger charge is -2.50. The topological polar surface area (TPSA) is 97.7 Å². The summed E-state index contributed by atoms with van der Waals surface area (Å²) in [5.41, 5.74) is 0.366. The molecule has 0 aromatic heterocycles. The summed E-state index contributed by atoms with van der Waals surface area (Å²) in [6.45, 7) is 3.15. The van der Waals surface area contributed by atoms with E-state index < -0.39 is 5.66 Å². The van der Waals surface area contributed by atoms with E-state index in [1.807, 2.05) is 43.0 Å². The predicted molar refractivity (Wildman–Crippen MR) is 148 cm³/mol. The summed E-state index contributed by atoms with van der Waals surface area (Å²) < 4.78 is 0. The molecule has 1 N–H and O–H groups in total. The van der Waals surface area contributed by atoms with Gasteiger partial charge in [-0.2, -0.15) is 0 Å². The van der Waals surface area contributed by atoms with E-state index in [4.69, 9.17) is 9.98 Å². The summed E-state index contributed by atoms with van der Waals surface area (Å²) >= 11 is 0. The fourth-order valence-corrected chi connectivity index (χ4v) is 6.35. The lowest BCUT2D eigenvalue weighted by Crippen LogP contribution is -2.71. The van der Waals surface area contributed by atoms with Crippen LogP contribution in [0.5, 0.6) is 0 Å². The quantitative estimate of drug-likeness (QED) is 0.591. The molecule has 1 saturated heterocycles. The van der Waals surface area contributed by atoms with Crippen LogP contribution in [0.25, 0.3) is 0 Å². The first-order chi connectivity index (χ1) is 18.3. The van der Waals surface area contributed by atoms with Gasteiger partial charge in [0.1, 0.15) is 0 Å². The number of fused-ring (bicyclic) bond motifs is 1. The molecule has 2 saturated carbocycles.